The third-order valence-electron chi connectivity index (χ3n) is 5.33. The lowest BCUT2D eigenvalue weighted by Crippen LogP contribution is -2.45. The molecule has 1 fully saturated rings. The number of amides is 4. The van der Waals surface area contributed by atoms with Crippen LogP contribution in [0.1, 0.15) is 78.1 Å². The molecule has 1 heterocycles. The summed E-state index contributed by atoms with van der Waals surface area (Å²) in [5, 5.41) is 5.60. The molecule has 2 rings (SSSR count). The summed E-state index contributed by atoms with van der Waals surface area (Å²) in [5.41, 5.74) is 0.518. The first kappa shape index (κ1) is 20.5. The van der Waals surface area contributed by atoms with Gasteiger partial charge in [-0.1, -0.05) is 44.3 Å². The standard InChI is InChI=1S/C20H33N3O3/c1-3-4-5-9-13-20(2)18(25)23(19(26)22-20)15-17(24)21-14-12-16-10-7-6-8-11-16/h10H,3-9,11-15H2,1-2H3,(H,21,24)(H,22,26). The lowest BCUT2D eigenvalue weighted by Gasteiger charge is -2.21. The number of nitrogens with one attached hydrogen (secondary N) is 2. The molecule has 2 N–H and O–H groups in total. The SMILES string of the molecule is CCCCCCC1(C)NC(=O)N(CC(=O)NCCC2=CCCCC2)C1=O. The average molecular weight is 364 g/mol. The first-order valence-corrected chi connectivity index (χ1v) is 10.0. The molecule has 1 unspecified atom stereocenters. The monoisotopic (exact) mass is 363 g/mol. The summed E-state index contributed by atoms with van der Waals surface area (Å²) in [7, 11) is 0. The zero-order valence-electron chi connectivity index (χ0n) is 16.2. The molecule has 4 amide bonds. The maximum absolute atomic E-state index is 12.6. The van der Waals surface area contributed by atoms with Gasteiger partial charge in [0.1, 0.15) is 12.1 Å². The highest BCUT2D eigenvalue weighted by Crippen LogP contribution is 2.24. The van der Waals surface area contributed by atoms with Crippen molar-refractivity contribution in [2.75, 3.05) is 13.1 Å². The average Bonchev–Trinajstić information content (AvgIpc) is 2.83. The first-order chi connectivity index (χ1) is 12.5. The molecule has 26 heavy (non-hydrogen) atoms. The van der Waals surface area contributed by atoms with Gasteiger partial charge in [0.15, 0.2) is 0 Å². The number of carbonyl (C=O) groups excluding carboxylic acids is 3. The fourth-order valence-electron chi connectivity index (χ4n) is 3.66. The number of hydrogen-bond donors (Lipinski definition) is 2. The number of unbranched alkanes of at least 4 members (excludes halogenated alkanes) is 3. The molecule has 146 valence electrons. The fourth-order valence-corrected chi connectivity index (χ4v) is 3.66. The Hall–Kier alpha value is -1.85. The number of nitrogens with zero attached hydrogens (tertiary/aromatic N) is 1. The van der Waals surface area contributed by atoms with Crippen molar-refractivity contribution < 1.29 is 14.4 Å². The van der Waals surface area contributed by atoms with Gasteiger partial charge in [0.25, 0.3) is 5.91 Å². The van der Waals surface area contributed by atoms with E-state index in [0.29, 0.717) is 13.0 Å². The second-order valence-corrected chi connectivity index (χ2v) is 7.67. The van der Waals surface area contributed by atoms with Crippen LogP contribution in [0, 0.1) is 0 Å². The predicted octanol–water partition coefficient (Wildman–Crippen LogP) is 3.27. The van der Waals surface area contributed by atoms with Gasteiger partial charge in [0.05, 0.1) is 0 Å². The summed E-state index contributed by atoms with van der Waals surface area (Å²) in [6, 6.07) is -0.460. The smallest absolute Gasteiger partial charge is 0.325 e. The summed E-state index contributed by atoms with van der Waals surface area (Å²) in [5.74, 6) is -0.565. The highest BCUT2D eigenvalue weighted by molar-refractivity contribution is 6.08. The van der Waals surface area contributed by atoms with Crippen molar-refractivity contribution in [1.29, 1.82) is 0 Å². The van der Waals surface area contributed by atoms with Crippen LogP contribution in [0.2, 0.25) is 0 Å². The minimum absolute atomic E-state index is 0.200. The van der Waals surface area contributed by atoms with E-state index >= 15 is 0 Å². The number of imide groups is 1. The number of allylic oxidation sites excluding steroid dienone is 1. The fraction of sp³-hybridized carbons (Fsp3) is 0.750. The lowest BCUT2D eigenvalue weighted by molar-refractivity contribution is -0.134. The van der Waals surface area contributed by atoms with Crippen molar-refractivity contribution in [2.45, 2.75) is 83.6 Å². The van der Waals surface area contributed by atoms with Gasteiger partial charge >= 0.3 is 6.03 Å². The zero-order valence-corrected chi connectivity index (χ0v) is 16.2. The van der Waals surface area contributed by atoms with Gasteiger partial charge in [0.2, 0.25) is 5.91 Å². The molecular formula is C20H33N3O3. The maximum atomic E-state index is 12.6. The quantitative estimate of drug-likeness (QED) is 0.355. The summed E-state index contributed by atoms with van der Waals surface area (Å²) in [6.07, 6.45) is 12.6. The van der Waals surface area contributed by atoms with Crippen LogP contribution in [-0.4, -0.2) is 41.4 Å². The molecule has 0 spiro atoms. The van der Waals surface area contributed by atoms with E-state index in [0.717, 1.165) is 49.8 Å². The van der Waals surface area contributed by atoms with Crippen LogP contribution < -0.4 is 10.6 Å². The van der Waals surface area contributed by atoms with Crippen molar-refractivity contribution in [3.05, 3.63) is 11.6 Å². The van der Waals surface area contributed by atoms with E-state index < -0.39 is 11.6 Å². The minimum Gasteiger partial charge on any atom is -0.354 e. The number of rotatable bonds is 10. The topological polar surface area (TPSA) is 78.5 Å². The van der Waals surface area contributed by atoms with Crippen molar-refractivity contribution >= 4 is 17.8 Å². The Morgan fingerprint density at radius 1 is 1.27 bits per heavy atom. The van der Waals surface area contributed by atoms with E-state index in [4.69, 9.17) is 0 Å². The van der Waals surface area contributed by atoms with Crippen LogP contribution in [0.15, 0.2) is 11.6 Å². The van der Waals surface area contributed by atoms with Crippen LogP contribution in [0.25, 0.3) is 0 Å². The number of urea groups is 1. The summed E-state index contributed by atoms with van der Waals surface area (Å²) < 4.78 is 0. The lowest BCUT2D eigenvalue weighted by atomic mass is 9.94. The number of hydrogen-bond acceptors (Lipinski definition) is 3. The molecule has 1 aliphatic heterocycles. The molecule has 0 saturated carbocycles. The van der Waals surface area contributed by atoms with Crippen LogP contribution in [-0.2, 0) is 9.59 Å². The molecule has 1 atom stereocenters. The molecule has 0 aromatic carbocycles. The van der Waals surface area contributed by atoms with E-state index in [1.807, 2.05) is 0 Å². The Balaban J connectivity index is 1.76. The second-order valence-electron chi connectivity index (χ2n) is 7.67. The van der Waals surface area contributed by atoms with Crippen LogP contribution in [0.3, 0.4) is 0 Å². The van der Waals surface area contributed by atoms with Crippen LogP contribution in [0.5, 0.6) is 0 Å². The van der Waals surface area contributed by atoms with Gasteiger partial charge in [-0.25, -0.2) is 4.79 Å². The van der Waals surface area contributed by atoms with E-state index in [1.165, 1.54) is 18.4 Å². The molecule has 1 saturated heterocycles. The minimum atomic E-state index is -0.877. The van der Waals surface area contributed by atoms with Crippen LogP contribution >= 0.6 is 0 Å². The number of carbonyl (C=O) groups is 3. The highest BCUT2D eigenvalue weighted by atomic mass is 16.2. The maximum Gasteiger partial charge on any atom is 0.325 e. The Morgan fingerprint density at radius 2 is 2.08 bits per heavy atom. The van der Waals surface area contributed by atoms with Gasteiger partial charge in [0, 0.05) is 6.54 Å². The Labute approximate surface area is 156 Å². The molecular weight excluding hydrogens is 330 g/mol. The van der Waals surface area contributed by atoms with E-state index in [-0.39, 0.29) is 18.4 Å². The van der Waals surface area contributed by atoms with Crippen molar-refractivity contribution in [2.24, 2.45) is 0 Å². The summed E-state index contributed by atoms with van der Waals surface area (Å²) in [6.45, 7) is 4.25. The third-order valence-corrected chi connectivity index (χ3v) is 5.33. The summed E-state index contributed by atoms with van der Waals surface area (Å²) >= 11 is 0. The second kappa shape index (κ2) is 9.74. The predicted molar refractivity (Wildman–Crippen MR) is 102 cm³/mol. The molecule has 1 aliphatic carbocycles. The zero-order chi connectivity index (χ0) is 19.0. The van der Waals surface area contributed by atoms with Crippen molar-refractivity contribution in [3.8, 4) is 0 Å². The summed E-state index contributed by atoms with van der Waals surface area (Å²) in [4.78, 5) is 38.0. The van der Waals surface area contributed by atoms with Gasteiger partial charge in [-0.2, -0.15) is 0 Å². The van der Waals surface area contributed by atoms with Crippen LogP contribution in [0.4, 0.5) is 4.79 Å². The molecule has 6 heteroatoms. The van der Waals surface area contributed by atoms with E-state index in [1.54, 1.807) is 6.92 Å². The molecule has 2 aliphatic rings. The van der Waals surface area contributed by atoms with Gasteiger partial charge in [-0.05, 0) is 45.4 Å². The Kier molecular flexibility index (Phi) is 7.66. The normalized spacial score (nSPS) is 23.0. The van der Waals surface area contributed by atoms with E-state index in [9.17, 15) is 14.4 Å². The van der Waals surface area contributed by atoms with Crippen molar-refractivity contribution in [3.63, 3.8) is 0 Å². The molecule has 0 aromatic heterocycles. The van der Waals surface area contributed by atoms with Gasteiger partial charge in [-0.3, -0.25) is 14.5 Å². The molecule has 6 nitrogen and oxygen atoms in total. The highest BCUT2D eigenvalue weighted by Gasteiger charge is 2.47. The third kappa shape index (κ3) is 5.58. The first-order valence-electron chi connectivity index (χ1n) is 10.0. The van der Waals surface area contributed by atoms with Crippen molar-refractivity contribution in [1.82, 2.24) is 15.5 Å². The Bertz CT molecular complexity index is 559. The van der Waals surface area contributed by atoms with E-state index in [2.05, 4.69) is 23.6 Å². The van der Waals surface area contributed by atoms with Gasteiger partial charge in [-0.15, -0.1) is 0 Å². The Morgan fingerprint density at radius 3 is 2.77 bits per heavy atom. The molecule has 0 aromatic rings. The molecule has 0 radical (unpaired) electrons. The molecule has 0 bridgehead atoms. The largest absolute Gasteiger partial charge is 0.354 e. The van der Waals surface area contributed by atoms with Gasteiger partial charge < -0.3 is 10.6 Å².